The number of aliphatic hydroxyl groups excluding tert-OH is 1. The average Bonchev–Trinajstić information content (AvgIpc) is 2.50. The summed E-state index contributed by atoms with van der Waals surface area (Å²) < 4.78 is 0. The van der Waals surface area contributed by atoms with Crippen LogP contribution >= 0.6 is 11.6 Å². The summed E-state index contributed by atoms with van der Waals surface area (Å²) in [6.45, 7) is 0.191. The minimum absolute atomic E-state index is 0.0844. The minimum atomic E-state index is -0.675. The molecule has 0 radical (unpaired) electrons. The Morgan fingerprint density at radius 3 is 2.93 bits per heavy atom. The molecule has 1 aliphatic heterocycles. The highest BCUT2D eigenvalue weighted by Crippen LogP contribution is 2.28. The number of hydrogen-bond acceptors (Lipinski definition) is 5. The highest BCUT2D eigenvalue weighted by atomic mass is 35.5. The molecular formula is C8H9ClN4O2. The lowest BCUT2D eigenvalue weighted by molar-refractivity contribution is -0.117. The van der Waals surface area contributed by atoms with Gasteiger partial charge in [0.25, 0.3) is 0 Å². The van der Waals surface area contributed by atoms with Gasteiger partial charge in [-0.2, -0.15) is 0 Å². The van der Waals surface area contributed by atoms with Crippen LogP contribution in [0.3, 0.4) is 0 Å². The summed E-state index contributed by atoms with van der Waals surface area (Å²) in [5, 5.41) is 9.42. The number of anilines is 2. The van der Waals surface area contributed by atoms with Crippen molar-refractivity contribution in [2.45, 2.75) is 12.5 Å². The second kappa shape index (κ2) is 3.63. The van der Waals surface area contributed by atoms with Crippen LogP contribution in [0.4, 0.5) is 11.5 Å². The summed E-state index contributed by atoms with van der Waals surface area (Å²) in [6, 6.07) is 0. The molecule has 1 fully saturated rings. The number of nitrogens with zero attached hydrogens (tertiary/aromatic N) is 3. The molecule has 0 aromatic carbocycles. The molecule has 15 heavy (non-hydrogen) atoms. The summed E-state index contributed by atoms with van der Waals surface area (Å²) in [5.74, 6) is 0.0421. The van der Waals surface area contributed by atoms with E-state index in [-0.39, 0.29) is 35.5 Å². The summed E-state index contributed by atoms with van der Waals surface area (Å²) in [6.07, 6.45) is 0.637. The van der Waals surface area contributed by atoms with Crippen LogP contribution in [0.15, 0.2) is 6.33 Å². The Morgan fingerprint density at radius 2 is 2.33 bits per heavy atom. The molecule has 0 spiro atoms. The number of hydrogen-bond donors (Lipinski definition) is 2. The first-order valence-corrected chi connectivity index (χ1v) is 4.72. The maximum Gasteiger partial charge on any atom is 0.230 e. The number of nitrogens with two attached hydrogens (primary N) is 1. The average molecular weight is 229 g/mol. The van der Waals surface area contributed by atoms with E-state index in [1.807, 2.05) is 0 Å². The second-order valence-electron chi connectivity index (χ2n) is 3.26. The van der Waals surface area contributed by atoms with Gasteiger partial charge in [0.05, 0.1) is 19.1 Å². The smallest absolute Gasteiger partial charge is 0.230 e. The Kier molecular flexibility index (Phi) is 2.45. The van der Waals surface area contributed by atoms with E-state index in [2.05, 4.69) is 9.97 Å². The van der Waals surface area contributed by atoms with Gasteiger partial charge in [-0.15, -0.1) is 0 Å². The number of β-amino-alcohol motifs (C(OH)–C–C–N with tert-alkyl or cyclic N) is 1. The number of carbonyl (C=O) groups excluding carboxylic acids is 1. The molecule has 1 saturated heterocycles. The van der Waals surface area contributed by atoms with Crippen molar-refractivity contribution in [3.05, 3.63) is 11.5 Å². The van der Waals surface area contributed by atoms with Crippen LogP contribution in [0.25, 0.3) is 0 Å². The van der Waals surface area contributed by atoms with Crippen molar-refractivity contribution >= 4 is 29.0 Å². The molecule has 2 heterocycles. The van der Waals surface area contributed by atoms with Crippen molar-refractivity contribution in [3.8, 4) is 0 Å². The van der Waals surface area contributed by atoms with Gasteiger partial charge >= 0.3 is 0 Å². The third-order valence-electron chi connectivity index (χ3n) is 2.17. The molecule has 1 atom stereocenters. The fraction of sp³-hybridized carbons (Fsp3) is 0.375. The molecule has 1 unspecified atom stereocenters. The molecule has 1 aliphatic rings. The van der Waals surface area contributed by atoms with Crippen LogP contribution in [-0.2, 0) is 4.79 Å². The Morgan fingerprint density at radius 1 is 1.60 bits per heavy atom. The number of rotatable bonds is 1. The van der Waals surface area contributed by atoms with Gasteiger partial charge in [-0.1, -0.05) is 11.6 Å². The molecule has 7 heteroatoms. The molecule has 0 bridgehead atoms. The Labute approximate surface area is 90.7 Å². The Balaban J connectivity index is 2.38. The van der Waals surface area contributed by atoms with Crippen molar-refractivity contribution in [1.29, 1.82) is 0 Å². The van der Waals surface area contributed by atoms with Crippen LogP contribution in [0.1, 0.15) is 6.42 Å². The first kappa shape index (κ1) is 10.1. The van der Waals surface area contributed by atoms with E-state index in [1.165, 1.54) is 11.2 Å². The van der Waals surface area contributed by atoms with E-state index >= 15 is 0 Å². The predicted octanol–water partition coefficient (Wildman–Crippen LogP) is -0.190. The summed E-state index contributed by atoms with van der Waals surface area (Å²) >= 11 is 5.70. The quantitative estimate of drug-likeness (QED) is 0.650. The van der Waals surface area contributed by atoms with Gasteiger partial charge in [-0.05, 0) is 0 Å². The van der Waals surface area contributed by atoms with E-state index < -0.39 is 6.10 Å². The van der Waals surface area contributed by atoms with Crippen molar-refractivity contribution in [2.24, 2.45) is 0 Å². The topological polar surface area (TPSA) is 92.3 Å². The van der Waals surface area contributed by atoms with E-state index in [0.717, 1.165) is 0 Å². The largest absolute Gasteiger partial charge is 0.393 e. The van der Waals surface area contributed by atoms with Gasteiger partial charge < -0.3 is 10.8 Å². The van der Waals surface area contributed by atoms with Crippen molar-refractivity contribution < 1.29 is 9.90 Å². The molecule has 1 aromatic heterocycles. The van der Waals surface area contributed by atoms with Gasteiger partial charge in [-0.3, -0.25) is 9.69 Å². The fourth-order valence-corrected chi connectivity index (χ4v) is 1.60. The van der Waals surface area contributed by atoms with Crippen LogP contribution in [0.5, 0.6) is 0 Å². The van der Waals surface area contributed by atoms with E-state index in [9.17, 15) is 9.90 Å². The number of carbonyl (C=O) groups is 1. The highest BCUT2D eigenvalue weighted by Gasteiger charge is 2.31. The predicted molar refractivity (Wildman–Crippen MR) is 54.4 cm³/mol. The molecule has 0 aliphatic carbocycles. The zero-order chi connectivity index (χ0) is 11.0. The fourth-order valence-electron chi connectivity index (χ4n) is 1.47. The first-order chi connectivity index (χ1) is 7.09. The number of halogens is 1. The van der Waals surface area contributed by atoms with Crippen molar-refractivity contribution in [1.82, 2.24) is 9.97 Å². The van der Waals surface area contributed by atoms with Crippen molar-refractivity contribution in [2.75, 3.05) is 17.2 Å². The third-order valence-corrected chi connectivity index (χ3v) is 2.48. The molecule has 0 saturated carbocycles. The van der Waals surface area contributed by atoms with E-state index in [4.69, 9.17) is 17.3 Å². The van der Waals surface area contributed by atoms with Gasteiger partial charge in [0, 0.05) is 0 Å². The Bertz CT molecular complexity index is 412. The standard InChI is InChI=1S/C8H9ClN4O2/c9-7-6(10)8(12-3-11-7)13-2-4(14)1-5(13)15/h3-4,14H,1-2,10H2. The zero-order valence-electron chi connectivity index (χ0n) is 7.72. The molecular weight excluding hydrogens is 220 g/mol. The number of aromatic nitrogens is 2. The molecule has 3 N–H and O–H groups in total. The normalized spacial score (nSPS) is 21.1. The van der Waals surface area contributed by atoms with Gasteiger partial charge in [-0.25, -0.2) is 9.97 Å². The van der Waals surface area contributed by atoms with Gasteiger partial charge in [0.2, 0.25) is 5.91 Å². The lowest BCUT2D eigenvalue weighted by Gasteiger charge is -2.16. The molecule has 2 rings (SSSR count). The lowest BCUT2D eigenvalue weighted by Crippen LogP contribution is -2.27. The second-order valence-corrected chi connectivity index (χ2v) is 3.62. The summed E-state index contributed by atoms with van der Waals surface area (Å²) in [5.41, 5.74) is 5.79. The molecule has 6 nitrogen and oxygen atoms in total. The maximum absolute atomic E-state index is 11.5. The molecule has 1 aromatic rings. The van der Waals surface area contributed by atoms with Crippen LogP contribution < -0.4 is 10.6 Å². The van der Waals surface area contributed by atoms with Crippen LogP contribution in [0.2, 0.25) is 5.15 Å². The number of nitrogen functional groups attached to an aromatic ring is 1. The molecule has 1 amide bonds. The number of amides is 1. The van der Waals surface area contributed by atoms with Crippen LogP contribution in [-0.4, -0.2) is 33.6 Å². The maximum atomic E-state index is 11.5. The summed E-state index contributed by atoms with van der Waals surface area (Å²) in [4.78, 5) is 20.3. The van der Waals surface area contributed by atoms with E-state index in [1.54, 1.807) is 0 Å². The first-order valence-electron chi connectivity index (χ1n) is 4.34. The van der Waals surface area contributed by atoms with E-state index in [0.29, 0.717) is 0 Å². The van der Waals surface area contributed by atoms with Gasteiger partial charge in [0.15, 0.2) is 11.0 Å². The third kappa shape index (κ3) is 1.73. The van der Waals surface area contributed by atoms with Gasteiger partial charge in [0.1, 0.15) is 12.0 Å². The SMILES string of the molecule is Nc1c(Cl)ncnc1N1CC(O)CC1=O. The van der Waals surface area contributed by atoms with Crippen LogP contribution in [0, 0.1) is 0 Å². The Hall–Kier alpha value is -1.40. The minimum Gasteiger partial charge on any atom is -0.393 e. The summed E-state index contributed by atoms with van der Waals surface area (Å²) in [7, 11) is 0. The lowest BCUT2D eigenvalue weighted by atomic mass is 10.3. The molecule has 80 valence electrons. The van der Waals surface area contributed by atoms with Crippen molar-refractivity contribution in [3.63, 3.8) is 0 Å². The number of aliphatic hydroxyl groups is 1. The highest BCUT2D eigenvalue weighted by molar-refractivity contribution is 6.32. The monoisotopic (exact) mass is 228 g/mol. The zero-order valence-corrected chi connectivity index (χ0v) is 8.48.